The van der Waals surface area contributed by atoms with Crippen LogP contribution in [0.4, 0.5) is 0 Å². The van der Waals surface area contributed by atoms with Crippen molar-refractivity contribution >= 4 is 16.9 Å². The summed E-state index contributed by atoms with van der Waals surface area (Å²) in [6.45, 7) is 2.02. The van der Waals surface area contributed by atoms with E-state index in [0.29, 0.717) is 31.2 Å². The van der Waals surface area contributed by atoms with Crippen molar-refractivity contribution in [2.45, 2.75) is 25.4 Å². The first-order valence-electron chi connectivity index (χ1n) is 12.0. The van der Waals surface area contributed by atoms with E-state index in [4.69, 9.17) is 4.98 Å². The highest BCUT2D eigenvalue weighted by Crippen LogP contribution is 2.29. The second-order valence-corrected chi connectivity index (χ2v) is 8.98. The molecule has 0 atom stereocenters. The third kappa shape index (κ3) is 4.21. The van der Waals surface area contributed by atoms with E-state index in [1.54, 1.807) is 6.20 Å². The Kier molecular flexibility index (Phi) is 5.58. The van der Waals surface area contributed by atoms with Gasteiger partial charge in [0.15, 0.2) is 5.65 Å². The topological polar surface area (TPSA) is 68.8 Å². The molecule has 0 aliphatic carbocycles. The number of aromatic nitrogens is 5. The molecule has 0 saturated carbocycles. The first-order valence-corrected chi connectivity index (χ1v) is 12.0. The summed E-state index contributed by atoms with van der Waals surface area (Å²) in [7, 11) is 0. The maximum atomic E-state index is 13.8. The van der Waals surface area contributed by atoms with Crippen LogP contribution in [-0.4, -0.2) is 48.2 Å². The number of carbonyl (C=O) groups excluding carboxylic acids is 1. The van der Waals surface area contributed by atoms with Crippen molar-refractivity contribution < 1.29 is 4.79 Å². The average Bonchev–Trinajstić information content (AvgIpc) is 3.60. The van der Waals surface area contributed by atoms with Gasteiger partial charge in [-0.1, -0.05) is 60.7 Å². The number of likely N-dealkylation sites (tertiary alicyclic amines) is 1. The van der Waals surface area contributed by atoms with Gasteiger partial charge < -0.3 is 9.47 Å². The van der Waals surface area contributed by atoms with Gasteiger partial charge >= 0.3 is 0 Å². The van der Waals surface area contributed by atoms with Gasteiger partial charge in [-0.2, -0.15) is 5.10 Å². The van der Waals surface area contributed by atoms with E-state index in [1.807, 2.05) is 82.9 Å². The molecular weight excluding hydrogens is 436 g/mol. The van der Waals surface area contributed by atoms with Gasteiger partial charge in [0.05, 0.1) is 35.7 Å². The summed E-state index contributed by atoms with van der Waals surface area (Å²) in [4.78, 5) is 24.9. The van der Waals surface area contributed by atoms with Gasteiger partial charge in [-0.05, 0) is 24.5 Å². The zero-order valence-electron chi connectivity index (χ0n) is 19.4. The van der Waals surface area contributed by atoms with Gasteiger partial charge in [0, 0.05) is 37.1 Å². The largest absolute Gasteiger partial charge is 0.338 e. The van der Waals surface area contributed by atoms with Crippen LogP contribution in [0.5, 0.6) is 0 Å². The molecule has 1 aliphatic heterocycles. The Morgan fingerprint density at radius 2 is 1.71 bits per heavy atom. The van der Waals surface area contributed by atoms with Crippen molar-refractivity contribution in [3.8, 4) is 11.3 Å². The van der Waals surface area contributed by atoms with Crippen LogP contribution in [-0.2, 0) is 6.54 Å². The first-order chi connectivity index (χ1) is 17.3. The number of rotatable bonds is 5. The Morgan fingerprint density at radius 1 is 0.971 bits per heavy atom. The number of nitrogens with zero attached hydrogens (tertiary/aromatic N) is 6. The molecule has 5 aromatic rings. The van der Waals surface area contributed by atoms with Crippen molar-refractivity contribution in [1.29, 1.82) is 0 Å². The molecule has 0 bridgehead atoms. The SMILES string of the molecule is O=C(c1cc(-c2ccccc2)nc2c1cnn2Cc1ccccc1)N1CCC(n2ccnc2)CC1. The number of benzene rings is 2. The fourth-order valence-corrected chi connectivity index (χ4v) is 4.88. The first kappa shape index (κ1) is 21.3. The number of imidazole rings is 1. The summed E-state index contributed by atoms with van der Waals surface area (Å²) in [5.74, 6) is 0.0397. The van der Waals surface area contributed by atoms with Crippen LogP contribution >= 0.6 is 0 Å². The maximum Gasteiger partial charge on any atom is 0.254 e. The molecule has 35 heavy (non-hydrogen) atoms. The quantitative estimate of drug-likeness (QED) is 0.376. The molecule has 174 valence electrons. The van der Waals surface area contributed by atoms with Crippen LogP contribution < -0.4 is 0 Å². The lowest BCUT2D eigenvalue weighted by Crippen LogP contribution is -2.39. The van der Waals surface area contributed by atoms with E-state index in [0.717, 1.165) is 40.7 Å². The number of fused-ring (bicyclic) bond motifs is 1. The molecule has 4 heterocycles. The summed E-state index contributed by atoms with van der Waals surface area (Å²) in [5, 5.41) is 5.43. The van der Waals surface area contributed by atoms with E-state index in [-0.39, 0.29) is 5.91 Å². The van der Waals surface area contributed by atoms with Crippen molar-refractivity contribution in [2.75, 3.05) is 13.1 Å². The molecule has 2 aromatic carbocycles. The Hall–Kier alpha value is -4.26. The van der Waals surface area contributed by atoms with E-state index >= 15 is 0 Å². The molecule has 1 saturated heterocycles. The van der Waals surface area contributed by atoms with E-state index < -0.39 is 0 Å². The van der Waals surface area contributed by atoms with Gasteiger partial charge in [-0.15, -0.1) is 0 Å². The third-order valence-electron chi connectivity index (χ3n) is 6.78. The highest BCUT2D eigenvalue weighted by Gasteiger charge is 2.27. The summed E-state index contributed by atoms with van der Waals surface area (Å²) in [5.41, 5.74) is 4.29. The number of carbonyl (C=O) groups is 1. The molecule has 3 aromatic heterocycles. The van der Waals surface area contributed by atoms with Gasteiger partial charge in [0.25, 0.3) is 5.91 Å². The number of hydrogen-bond acceptors (Lipinski definition) is 4. The zero-order valence-corrected chi connectivity index (χ0v) is 19.4. The fraction of sp³-hybridized carbons (Fsp3) is 0.214. The van der Waals surface area contributed by atoms with Crippen LogP contribution in [0.3, 0.4) is 0 Å². The molecule has 7 nitrogen and oxygen atoms in total. The predicted molar refractivity (Wildman–Crippen MR) is 135 cm³/mol. The highest BCUT2D eigenvalue weighted by atomic mass is 16.2. The average molecular weight is 463 g/mol. The Bertz CT molecular complexity index is 1440. The van der Waals surface area contributed by atoms with Crippen molar-refractivity contribution in [3.05, 3.63) is 103 Å². The Morgan fingerprint density at radius 3 is 2.43 bits per heavy atom. The van der Waals surface area contributed by atoms with Gasteiger partial charge in [-0.25, -0.2) is 14.6 Å². The second kappa shape index (κ2) is 9.18. The predicted octanol–water partition coefficient (Wildman–Crippen LogP) is 4.82. The van der Waals surface area contributed by atoms with Gasteiger partial charge in [-0.3, -0.25) is 4.79 Å². The van der Waals surface area contributed by atoms with E-state index in [9.17, 15) is 4.79 Å². The molecule has 1 aliphatic rings. The van der Waals surface area contributed by atoms with Crippen LogP contribution in [0.1, 0.15) is 34.8 Å². The number of pyridine rings is 1. The summed E-state index contributed by atoms with van der Waals surface area (Å²) in [6, 6.07) is 22.5. The van der Waals surface area contributed by atoms with Crippen molar-refractivity contribution in [3.63, 3.8) is 0 Å². The Labute approximate surface area is 203 Å². The van der Waals surface area contributed by atoms with Crippen LogP contribution in [0, 0.1) is 0 Å². The van der Waals surface area contributed by atoms with Gasteiger partial charge in [0.1, 0.15) is 0 Å². The van der Waals surface area contributed by atoms with Crippen molar-refractivity contribution in [2.24, 2.45) is 0 Å². The second-order valence-electron chi connectivity index (χ2n) is 8.98. The summed E-state index contributed by atoms with van der Waals surface area (Å²) >= 11 is 0. The fourth-order valence-electron chi connectivity index (χ4n) is 4.88. The zero-order chi connectivity index (χ0) is 23.6. The standard InChI is InChI=1S/C28H26N6O/c35-28(32-14-11-23(12-15-32)33-16-13-29-20-33)24-17-26(22-9-5-2-6-10-22)31-27-25(24)18-30-34(27)19-21-7-3-1-4-8-21/h1-10,13,16-18,20,23H,11-12,14-15,19H2. The molecule has 0 radical (unpaired) electrons. The molecule has 1 fully saturated rings. The minimum absolute atomic E-state index is 0.0397. The maximum absolute atomic E-state index is 13.8. The number of piperidine rings is 1. The minimum Gasteiger partial charge on any atom is -0.338 e. The normalized spacial score (nSPS) is 14.5. The van der Waals surface area contributed by atoms with E-state index in [1.165, 1.54) is 0 Å². The summed E-state index contributed by atoms with van der Waals surface area (Å²) < 4.78 is 4.03. The lowest BCUT2D eigenvalue weighted by atomic mass is 10.0. The van der Waals surface area contributed by atoms with E-state index in [2.05, 4.69) is 26.8 Å². The number of hydrogen-bond donors (Lipinski definition) is 0. The highest BCUT2D eigenvalue weighted by molar-refractivity contribution is 6.06. The molecular formula is C28H26N6O. The molecule has 0 N–H and O–H groups in total. The lowest BCUT2D eigenvalue weighted by molar-refractivity contribution is 0.0696. The van der Waals surface area contributed by atoms with Crippen LogP contribution in [0.15, 0.2) is 91.6 Å². The van der Waals surface area contributed by atoms with Gasteiger partial charge in [0.2, 0.25) is 0 Å². The van der Waals surface area contributed by atoms with Crippen LogP contribution in [0.25, 0.3) is 22.3 Å². The molecule has 0 unspecified atom stereocenters. The Balaban J connectivity index is 1.36. The van der Waals surface area contributed by atoms with Crippen LogP contribution in [0.2, 0.25) is 0 Å². The minimum atomic E-state index is 0.0397. The molecule has 1 amide bonds. The molecule has 6 rings (SSSR count). The number of amides is 1. The monoisotopic (exact) mass is 462 g/mol. The summed E-state index contributed by atoms with van der Waals surface area (Å²) in [6.07, 6.45) is 9.28. The molecule has 7 heteroatoms. The smallest absolute Gasteiger partial charge is 0.254 e. The third-order valence-corrected chi connectivity index (χ3v) is 6.78. The lowest BCUT2D eigenvalue weighted by Gasteiger charge is -2.32. The molecule has 0 spiro atoms. The van der Waals surface area contributed by atoms with Crippen molar-refractivity contribution in [1.82, 2.24) is 29.2 Å².